The van der Waals surface area contributed by atoms with Crippen LogP contribution in [0.1, 0.15) is 57.1 Å². The van der Waals surface area contributed by atoms with Crippen molar-refractivity contribution in [3.05, 3.63) is 71.8 Å². The Bertz CT molecular complexity index is 1180. The Morgan fingerprint density at radius 3 is 1.57 bits per heavy atom. The van der Waals surface area contributed by atoms with Crippen molar-refractivity contribution in [1.82, 2.24) is 9.80 Å². The fourth-order valence-corrected chi connectivity index (χ4v) is 8.16. The molecule has 4 unspecified atom stereocenters. The lowest BCUT2D eigenvalue weighted by molar-refractivity contribution is -0.145. The molecule has 2 aromatic rings. The summed E-state index contributed by atoms with van der Waals surface area (Å²) < 4.78 is 0. The zero-order chi connectivity index (χ0) is 25.8. The van der Waals surface area contributed by atoms with Crippen molar-refractivity contribution in [2.75, 3.05) is 26.2 Å². The van der Waals surface area contributed by atoms with Crippen molar-refractivity contribution in [3.8, 4) is 0 Å². The van der Waals surface area contributed by atoms with Crippen molar-refractivity contribution in [3.63, 3.8) is 0 Å². The van der Waals surface area contributed by atoms with Gasteiger partial charge in [0.15, 0.2) is 5.78 Å². The van der Waals surface area contributed by atoms with E-state index in [-0.39, 0.29) is 17.6 Å². The molecule has 4 atom stereocenters. The molecule has 2 saturated heterocycles. The Morgan fingerprint density at radius 1 is 0.676 bits per heavy atom. The van der Waals surface area contributed by atoms with E-state index in [1.54, 1.807) is 0 Å². The molecule has 1 saturated carbocycles. The fraction of sp³-hybridized carbons (Fsp3) is 0.469. The molecule has 6 rings (SSSR count). The number of nitrogens with zero attached hydrogens (tertiary/aromatic N) is 2. The number of amides is 2. The van der Waals surface area contributed by atoms with Crippen molar-refractivity contribution < 1.29 is 14.4 Å². The Morgan fingerprint density at radius 2 is 1.14 bits per heavy atom. The molecule has 2 bridgehead atoms. The van der Waals surface area contributed by atoms with Gasteiger partial charge >= 0.3 is 0 Å². The van der Waals surface area contributed by atoms with Crippen LogP contribution in [0.15, 0.2) is 60.7 Å². The summed E-state index contributed by atoms with van der Waals surface area (Å²) in [5, 5.41) is 0. The number of fused-ring (bicyclic) bond motifs is 5. The van der Waals surface area contributed by atoms with Gasteiger partial charge in [-0.3, -0.25) is 19.3 Å². The van der Waals surface area contributed by atoms with Gasteiger partial charge in [0.2, 0.25) is 11.8 Å². The van der Waals surface area contributed by atoms with Gasteiger partial charge in [-0.25, -0.2) is 0 Å². The molecule has 0 radical (unpaired) electrons. The third-order valence-electron chi connectivity index (χ3n) is 9.74. The SMILES string of the molecule is CCC12C(=O)C(CC)(C(c3ccccc3)=C1c1ccccc1)C1C(=O)N(CCN3CCCCC3)C(=O)C12. The van der Waals surface area contributed by atoms with Gasteiger partial charge in [-0.15, -0.1) is 0 Å². The van der Waals surface area contributed by atoms with E-state index in [1.165, 1.54) is 24.2 Å². The molecule has 192 valence electrons. The van der Waals surface area contributed by atoms with E-state index in [0.29, 0.717) is 25.9 Å². The zero-order valence-corrected chi connectivity index (χ0v) is 21.9. The van der Waals surface area contributed by atoms with Crippen LogP contribution in [0.2, 0.25) is 0 Å². The molecule has 2 amide bonds. The second-order valence-electron chi connectivity index (χ2n) is 11.1. The van der Waals surface area contributed by atoms with Crippen LogP contribution in [-0.2, 0) is 14.4 Å². The smallest absolute Gasteiger partial charge is 0.234 e. The summed E-state index contributed by atoms with van der Waals surface area (Å²) in [6.45, 7) is 7.22. The quantitative estimate of drug-likeness (QED) is 0.502. The largest absolute Gasteiger partial charge is 0.302 e. The van der Waals surface area contributed by atoms with Gasteiger partial charge in [0, 0.05) is 13.1 Å². The minimum absolute atomic E-state index is 0.0788. The van der Waals surface area contributed by atoms with Crippen molar-refractivity contribution in [1.29, 1.82) is 0 Å². The number of carbonyl (C=O) groups is 3. The number of benzene rings is 2. The summed E-state index contributed by atoms with van der Waals surface area (Å²) in [6.07, 6.45) is 4.61. The Hall–Kier alpha value is -3.05. The maximum atomic E-state index is 14.7. The highest BCUT2D eigenvalue weighted by molar-refractivity contribution is 6.29. The zero-order valence-electron chi connectivity index (χ0n) is 21.9. The minimum Gasteiger partial charge on any atom is -0.302 e. The third-order valence-corrected chi connectivity index (χ3v) is 9.74. The molecule has 5 nitrogen and oxygen atoms in total. The highest BCUT2D eigenvalue weighted by Crippen LogP contribution is 2.75. The van der Waals surface area contributed by atoms with Crippen LogP contribution >= 0.6 is 0 Å². The third kappa shape index (κ3) is 3.16. The first kappa shape index (κ1) is 24.3. The average Bonchev–Trinajstić information content (AvgIpc) is 3.44. The number of rotatable bonds is 7. The fourth-order valence-electron chi connectivity index (χ4n) is 8.16. The maximum absolute atomic E-state index is 14.7. The van der Waals surface area contributed by atoms with Crippen LogP contribution in [0.5, 0.6) is 0 Å². The summed E-state index contributed by atoms with van der Waals surface area (Å²) in [4.78, 5) is 46.9. The molecule has 0 N–H and O–H groups in total. The Balaban J connectivity index is 1.51. The molecule has 2 aromatic carbocycles. The molecule has 4 aliphatic rings. The van der Waals surface area contributed by atoms with Gasteiger partial charge < -0.3 is 4.90 Å². The molecule has 2 heterocycles. The van der Waals surface area contributed by atoms with Gasteiger partial charge in [-0.1, -0.05) is 80.9 Å². The van der Waals surface area contributed by atoms with Crippen molar-refractivity contribution >= 4 is 28.7 Å². The van der Waals surface area contributed by atoms with Gasteiger partial charge in [0.1, 0.15) is 0 Å². The van der Waals surface area contributed by atoms with E-state index in [0.717, 1.165) is 35.4 Å². The van der Waals surface area contributed by atoms with Gasteiger partial charge in [0.05, 0.1) is 22.7 Å². The van der Waals surface area contributed by atoms with Crippen molar-refractivity contribution in [2.45, 2.75) is 46.0 Å². The monoisotopic (exact) mass is 496 g/mol. The van der Waals surface area contributed by atoms with Gasteiger partial charge in [0.25, 0.3) is 0 Å². The number of imide groups is 1. The molecule has 2 aliphatic carbocycles. The molecular formula is C32H36N2O3. The maximum Gasteiger partial charge on any atom is 0.234 e. The second kappa shape index (κ2) is 9.05. The number of hydrogen-bond donors (Lipinski definition) is 0. The number of allylic oxidation sites excluding steroid dienone is 2. The number of carbonyl (C=O) groups excluding carboxylic acids is 3. The predicted octanol–water partition coefficient (Wildman–Crippen LogP) is 5.07. The number of likely N-dealkylation sites (tertiary alicyclic amines) is 2. The summed E-state index contributed by atoms with van der Waals surface area (Å²) in [7, 11) is 0. The first-order chi connectivity index (χ1) is 18.0. The topological polar surface area (TPSA) is 57.7 Å². The molecular weight excluding hydrogens is 460 g/mol. The number of hydrogen-bond acceptors (Lipinski definition) is 4. The molecule has 2 aliphatic heterocycles. The first-order valence-corrected chi connectivity index (χ1v) is 14.0. The van der Waals surface area contributed by atoms with Crippen LogP contribution < -0.4 is 0 Å². The summed E-state index contributed by atoms with van der Waals surface area (Å²) in [6, 6.07) is 20.1. The van der Waals surface area contributed by atoms with Crippen LogP contribution in [0.4, 0.5) is 0 Å². The van der Waals surface area contributed by atoms with Crippen LogP contribution in [0.25, 0.3) is 11.1 Å². The highest BCUT2D eigenvalue weighted by Gasteiger charge is 2.80. The average molecular weight is 497 g/mol. The van der Waals surface area contributed by atoms with E-state index in [4.69, 9.17) is 0 Å². The van der Waals surface area contributed by atoms with Crippen molar-refractivity contribution in [2.24, 2.45) is 22.7 Å². The standard InChI is InChI=1S/C32H36N2O3/c1-3-31-24(22-14-8-5-9-15-22)25(23-16-10-6-11-17-23)32(4-2,30(31)37)27-26(31)28(35)34(29(27)36)21-20-33-18-12-7-13-19-33/h5-6,8-11,14-17,26-27H,3-4,7,12-13,18-21H2,1-2H3. The van der Waals surface area contributed by atoms with Gasteiger partial charge in [-0.2, -0.15) is 0 Å². The lowest BCUT2D eigenvalue weighted by Gasteiger charge is -2.38. The van der Waals surface area contributed by atoms with Crippen LogP contribution in [0.3, 0.4) is 0 Å². The van der Waals surface area contributed by atoms with E-state index >= 15 is 0 Å². The van der Waals surface area contributed by atoms with Crippen LogP contribution in [0, 0.1) is 22.7 Å². The van der Waals surface area contributed by atoms with E-state index in [2.05, 4.69) is 29.2 Å². The molecule has 0 spiro atoms. The van der Waals surface area contributed by atoms with E-state index in [1.807, 2.05) is 50.2 Å². The molecule has 3 fully saturated rings. The Kier molecular flexibility index (Phi) is 5.95. The minimum atomic E-state index is -0.986. The predicted molar refractivity (Wildman–Crippen MR) is 144 cm³/mol. The van der Waals surface area contributed by atoms with Gasteiger partial charge in [-0.05, 0) is 61.0 Å². The normalized spacial score (nSPS) is 31.5. The Labute approximate surface area is 219 Å². The lowest BCUT2D eigenvalue weighted by atomic mass is 9.60. The van der Waals surface area contributed by atoms with E-state index < -0.39 is 22.7 Å². The summed E-state index contributed by atoms with van der Waals surface area (Å²) >= 11 is 0. The molecule has 5 heteroatoms. The first-order valence-electron chi connectivity index (χ1n) is 14.0. The van der Waals surface area contributed by atoms with Crippen LogP contribution in [-0.4, -0.2) is 53.6 Å². The second-order valence-corrected chi connectivity index (χ2v) is 11.1. The number of Topliss-reactive ketones (excluding diaryl/α,β-unsaturated/α-hetero) is 1. The lowest BCUT2D eigenvalue weighted by Crippen LogP contribution is -2.45. The van der Waals surface area contributed by atoms with E-state index in [9.17, 15) is 14.4 Å². The summed E-state index contributed by atoms with van der Waals surface area (Å²) in [5.74, 6) is -1.45. The molecule has 37 heavy (non-hydrogen) atoms. The number of piperidine rings is 1. The number of ketones is 1. The summed E-state index contributed by atoms with van der Waals surface area (Å²) in [5.41, 5.74) is 1.93. The highest BCUT2D eigenvalue weighted by atomic mass is 16.2. The molecule has 0 aromatic heterocycles.